The van der Waals surface area contributed by atoms with Crippen LogP contribution in [0.1, 0.15) is 42.1 Å². The number of phenols is 1. The van der Waals surface area contributed by atoms with Crippen molar-refractivity contribution in [1.82, 2.24) is 10.3 Å². The summed E-state index contributed by atoms with van der Waals surface area (Å²) in [5.74, 6) is -0.158. The predicted molar refractivity (Wildman–Crippen MR) is 208 cm³/mol. The Hall–Kier alpha value is -5.49. The minimum Gasteiger partial charge on any atom is -0.506 e. The fourth-order valence-corrected chi connectivity index (χ4v) is 6.74. The Morgan fingerprint density at radius 2 is 1.62 bits per heavy atom. The number of H-pyrrole nitrogens is 1. The van der Waals surface area contributed by atoms with Crippen molar-refractivity contribution in [2.45, 2.75) is 44.3 Å². The van der Waals surface area contributed by atoms with E-state index in [9.17, 15) is 24.6 Å². The van der Waals surface area contributed by atoms with Crippen LogP contribution >= 0.6 is 0 Å². The number of aromatic hydroxyl groups is 1. The van der Waals surface area contributed by atoms with Gasteiger partial charge >= 0.3 is 6.09 Å². The van der Waals surface area contributed by atoms with Crippen LogP contribution in [0.5, 0.6) is 5.75 Å². The van der Waals surface area contributed by atoms with E-state index in [-0.39, 0.29) is 29.7 Å². The number of hydrogen-bond donors (Lipinski definition) is 6. The third-order valence-electron chi connectivity index (χ3n) is 9.86. The molecular formula is C42H48N5O6+. The van der Waals surface area contributed by atoms with Crippen molar-refractivity contribution in [3.8, 4) is 16.9 Å². The van der Waals surface area contributed by atoms with Crippen LogP contribution in [-0.2, 0) is 22.4 Å². The molecule has 6 rings (SSSR count). The summed E-state index contributed by atoms with van der Waals surface area (Å²) in [6, 6.07) is 29.5. The number of nitrogens with one attached hydrogen (secondary N) is 4. The Kier molecular flexibility index (Phi) is 11.9. The number of aromatic nitrogens is 1. The molecule has 0 unspecified atom stereocenters. The minimum absolute atomic E-state index is 0.0460. The predicted octanol–water partition coefficient (Wildman–Crippen LogP) is 6.13. The van der Waals surface area contributed by atoms with Crippen LogP contribution in [0.25, 0.3) is 22.0 Å². The molecule has 11 heteroatoms. The summed E-state index contributed by atoms with van der Waals surface area (Å²) in [4.78, 5) is 40.2. The first kappa shape index (κ1) is 37.3. The highest BCUT2D eigenvalue weighted by molar-refractivity contribution is 5.93. The first-order valence-corrected chi connectivity index (χ1v) is 18.1. The number of anilines is 2. The van der Waals surface area contributed by atoms with Crippen molar-refractivity contribution in [2.24, 2.45) is 0 Å². The number of quaternary nitrogens is 1. The summed E-state index contributed by atoms with van der Waals surface area (Å²) in [7, 11) is 4.38. The van der Waals surface area contributed by atoms with E-state index in [0.29, 0.717) is 53.8 Å². The van der Waals surface area contributed by atoms with Gasteiger partial charge in [-0.1, -0.05) is 60.7 Å². The van der Waals surface area contributed by atoms with Crippen molar-refractivity contribution >= 4 is 34.3 Å². The fraction of sp³-hybridized carbons (Fsp3) is 0.310. The molecule has 0 saturated carbocycles. The van der Waals surface area contributed by atoms with Crippen LogP contribution in [-0.4, -0.2) is 78.1 Å². The number of nitrogens with zero attached hydrogens (tertiary/aromatic N) is 1. The number of fused-ring (bicyclic) bond motifs is 1. The van der Waals surface area contributed by atoms with E-state index in [2.05, 4.69) is 35.0 Å². The number of likely N-dealkylation sites (tertiary alicyclic amines) is 1. The van der Waals surface area contributed by atoms with E-state index in [4.69, 9.17) is 4.74 Å². The van der Waals surface area contributed by atoms with Crippen molar-refractivity contribution in [1.29, 1.82) is 0 Å². The second-order valence-electron chi connectivity index (χ2n) is 14.4. The Bertz CT molecular complexity index is 2090. The number of hydrogen-bond acceptors (Lipinski definition) is 7. The third kappa shape index (κ3) is 10.1. The van der Waals surface area contributed by atoms with Gasteiger partial charge in [0.15, 0.2) is 0 Å². The summed E-state index contributed by atoms with van der Waals surface area (Å²) in [5.41, 5.74) is 5.80. The number of carbonyl (C=O) groups is 2. The lowest BCUT2D eigenvalue weighted by molar-refractivity contribution is -0.896. The van der Waals surface area contributed by atoms with E-state index in [1.165, 1.54) is 12.1 Å². The van der Waals surface area contributed by atoms with Crippen LogP contribution in [0, 0.1) is 0 Å². The second-order valence-corrected chi connectivity index (χ2v) is 14.4. The molecule has 2 amide bonds. The number of rotatable bonds is 13. The van der Waals surface area contributed by atoms with E-state index < -0.39 is 12.2 Å². The maximum Gasteiger partial charge on any atom is 0.411 e. The number of piperidine rings is 1. The monoisotopic (exact) mass is 718 g/mol. The molecule has 2 heterocycles. The van der Waals surface area contributed by atoms with Crippen LogP contribution < -0.4 is 21.5 Å². The molecular weight excluding hydrogens is 670 g/mol. The normalized spacial score (nSPS) is 14.8. The maximum atomic E-state index is 13.0. The highest BCUT2D eigenvalue weighted by atomic mass is 16.6. The number of aliphatic hydroxyl groups is 1. The molecule has 0 bridgehead atoms. The second kappa shape index (κ2) is 16.9. The van der Waals surface area contributed by atoms with Gasteiger partial charge in [0.25, 0.3) is 0 Å². The molecule has 1 aromatic heterocycles. The van der Waals surface area contributed by atoms with Gasteiger partial charge in [0.05, 0.1) is 44.5 Å². The molecule has 4 aromatic carbocycles. The number of ether oxygens (including phenoxy) is 1. The molecule has 53 heavy (non-hydrogen) atoms. The molecule has 11 nitrogen and oxygen atoms in total. The van der Waals surface area contributed by atoms with Gasteiger partial charge in [-0.15, -0.1) is 0 Å². The molecule has 1 aliphatic heterocycles. The smallest absolute Gasteiger partial charge is 0.411 e. The number of benzene rings is 4. The van der Waals surface area contributed by atoms with Gasteiger partial charge in [0.1, 0.15) is 11.9 Å². The van der Waals surface area contributed by atoms with Gasteiger partial charge < -0.3 is 35.1 Å². The summed E-state index contributed by atoms with van der Waals surface area (Å²) >= 11 is 0. The quantitative estimate of drug-likeness (QED) is 0.0634. The molecule has 1 aliphatic rings. The van der Waals surface area contributed by atoms with E-state index >= 15 is 0 Å². The number of amides is 2. The van der Waals surface area contributed by atoms with Crippen LogP contribution in [0.15, 0.2) is 102 Å². The first-order chi connectivity index (χ1) is 25.5. The zero-order valence-corrected chi connectivity index (χ0v) is 30.2. The molecule has 5 aromatic rings. The lowest BCUT2D eigenvalue weighted by Crippen LogP contribution is -2.48. The molecule has 6 N–H and O–H groups in total. The average molecular weight is 719 g/mol. The fourth-order valence-electron chi connectivity index (χ4n) is 6.74. The van der Waals surface area contributed by atoms with Crippen LogP contribution in [0.4, 0.5) is 16.2 Å². The molecule has 1 atom stereocenters. The number of aromatic amines is 1. The summed E-state index contributed by atoms with van der Waals surface area (Å²) < 4.78 is 6.74. The SMILES string of the molecule is C[N+]1(C)CCC(OC(=O)Nc2cc(CCC(=O)Nc3ccc(CCNC[C@@H](O)c4ccc(O)c5[nH]c(=O)ccc45)cc3)ccc2-c2ccccc2)CC1. The lowest BCUT2D eigenvalue weighted by Gasteiger charge is -2.36. The van der Waals surface area contributed by atoms with E-state index in [1.54, 1.807) is 12.1 Å². The number of aryl methyl sites for hydroxylation is 1. The molecule has 0 aliphatic carbocycles. The Morgan fingerprint density at radius 1 is 0.887 bits per heavy atom. The summed E-state index contributed by atoms with van der Waals surface area (Å²) in [6.07, 6.45) is 1.74. The largest absolute Gasteiger partial charge is 0.506 e. The number of carbonyl (C=O) groups excluding carboxylic acids is 2. The van der Waals surface area contributed by atoms with Crippen molar-refractivity contribution in [2.75, 3.05) is 50.9 Å². The van der Waals surface area contributed by atoms with Gasteiger partial charge in [-0.3, -0.25) is 14.9 Å². The minimum atomic E-state index is -0.832. The van der Waals surface area contributed by atoms with Crippen LogP contribution in [0.2, 0.25) is 0 Å². The topological polar surface area (TPSA) is 153 Å². The zero-order valence-electron chi connectivity index (χ0n) is 30.2. The maximum absolute atomic E-state index is 13.0. The van der Waals surface area contributed by atoms with Gasteiger partial charge in [-0.05, 0) is 72.0 Å². The highest BCUT2D eigenvalue weighted by Crippen LogP contribution is 2.31. The van der Waals surface area contributed by atoms with Crippen molar-refractivity contribution in [3.05, 3.63) is 124 Å². The molecule has 276 valence electrons. The third-order valence-corrected chi connectivity index (χ3v) is 9.86. The molecule has 1 fully saturated rings. The number of pyridine rings is 1. The zero-order chi connectivity index (χ0) is 37.4. The van der Waals surface area contributed by atoms with Gasteiger partial charge in [0.2, 0.25) is 11.5 Å². The van der Waals surface area contributed by atoms with Crippen LogP contribution in [0.3, 0.4) is 0 Å². The molecule has 0 spiro atoms. The Morgan fingerprint density at radius 3 is 2.38 bits per heavy atom. The van der Waals surface area contributed by atoms with Gasteiger partial charge in [-0.2, -0.15) is 0 Å². The Balaban J connectivity index is 0.980. The van der Waals surface area contributed by atoms with Gasteiger partial charge in [0, 0.05) is 48.5 Å². The van der Waals surface area contributed by atoms with E-state index in [0.717, 1.165) is 52.7 Å². The van der Waals surface area contributed by atoms with Gasteiger partial charge in [-0.25, -0.2) is 4.79 Å². The average Bonchev–Trinajstić information content (AvgIpc) is 3.15. The summed E-state index contributed by atoms with van der Waals surface area (Å²) in [6.45, 7) is 2.84. The number of aliphatic hydroxyl groups excluding tert-OH is 1. The number of phenolic OH excluding ortho intramolecular Hbond substituents is 1. The molecule has 1 saturated heterocycles. The molecule has 0 radical (unpaired) electrons. The van der Waals surface area contributed by atoms with Crippen molar-refractivity contribution in [3.63, 3.8) is 0 Å². The van der Waals surface area contributed by atoms with E-state index in [1.807, 2.05) is 72.8 Å². The Labute approximate surface area is 309 Å². The standard InChI is InChI=1S/C42H47N5O6/c1-47(2)24-21-32(22-25-47)53-42(52)45-36-26-29(10-14-33(36)30-6-4-3-5-7-30)11-18-39(50)44-31-12-8-28(9-13-31)20-23-43-27-38(49)34-15-17-37(48)41-35(34)16-19-40(51)46-41/h3-10,12-17,19,26,32,38,43,49H,11,18,20-25,27H2,1-2H3,(H3-,44,45,46,48,50,51,52)/p+1/t38-/m1/s1. The summed E-state index contributed by atoms with van der Waals surface area (Å²) in [5, 5.41) is 30.7. The lowest BCUT2D eigenvalue weighted by atomic mass is 9.99. The highest BCUT2D eigenvalue weighted by Gasteiger charge is 2.28. The first-order valence-electron chi connectivity index (χ1n) is 18.1. The van der Waals surface area contributed by atoms with Crippen molar-refractivity contribution < 1.29 is 29.0 Å².